The van der Waals surface area contributed by atoms with Crippen LogP contribution in [-0.4, -0.2) is 25.8 Å². The monoisotopic (exact) mass is 233 g/mol. The molecule has 94 valence electrons. The first-order chi connectivity index (χ1) is 8.15. The summed E-state index contributed by atoms with van der Waals surface area (Å²) in [5.41, 5.74) is 8.38. The van der Waals surface area contributed by atoms with Crippen molar-refractivity contribution in [2.45, 2.75) is 26.4 Å². The van der Waals surface area contributed by atoms with Gasteiger partial charge in [-0.25, -0.2) is 0 Å². The second-order valence-electron chi connectivity index (χ2n) is 5.13. The topological polar surface area (TPSA) is 41.3 Å². The van der Waals surface area contributed by atoms with Gasteiger partial charge >= 0.3 is 0 Å². The fourth-order valence-corrected chi connectivity index (χ4v) is 2.34. The van der Waals surface area contributed by atoms with Crippen molar-refractivity contribution < 1.29 is 0 Å². The fraction of sp³-hybridized carbons (Fsp3) is 0.571. The third kappa shape index (κ3) is 3.45. The molecule has 3 heteroatoms. The fourth-order valence-electron chi connectivity index (χ4n) is 2.34. The lowest BCUT2D eigenvalue weighted by atomic mass is 10.1. The molecule has 2 rings (SSSR count). The summed E-state index contributed by atoms with van der Waals surface area (Å²) in [7, 11) is 0. The van der Waals surface area contributed by atoms with E-state index < -0.39 is 0 Å². The molecule has 1 aromatic carbocycles. The average molecular weight is 233 g/mol. The molecule has 2 unspecified atom stereocenters. The number of benzene rings is 1. The zero-order valence-corrected chi connectivity index (χ0v) is 10.8. The summed E-state index contributed by atoms with van der Waals surface area (Å²) in [6.07, 6.45) is 1.36. The Morgan fingerprint density at radius 2 is 2.12 bits per heavy atom. The van der Waals surface area contributed by atoms with Crippen LogP contribution in [0.25, 0.3) is 0 Å². The SMILES string of the molecule is Cc1ccc(N2CCC(CNC(C)N)C2)cc1. The number of aryl methyl sites for hydroxylation is 1. The van der Waals surface area contributed by atoms with E-state index in [1.54, 1.807) is 0 Å². The van der Waals surface area contributed by atoms with Gasteiger partial charge in [-0.05, 0) is 38.3 Å². The van der Waals surface area contributed by atoms with Crippen LogP contribution in [0.1, 0.15) is 18.9 Å². The number of rotatable bonds is 4. The van der Waals surface area contributed by atoms with Crippen molar-refractivity contribution in [3.8, 4) is 0 Å². The predicted octanol–water partition coefficient (Wildman–Crippen LogP) is 1.72. The van der Waals surface area contributed by atoms with Crippen LogP contribution in [0, 0.1) is 12.8 Å². The summed E-state index contributed by atoms with van der Waals surface area (Å²) in [6.45, 7) is 7.45. The van der Waals surface area contributed by atoms with E-state index in [1.807, 2.05) is 6.92 Å². The number of nitrogens with two attached hydrogens (primary N) is 1. The molecule has 3 N–H and O–H groups in total. The molecule has 2 atom stereocenters. The largest absolute Gasteiger partial charge is 0.371 e. The third-order valence-corrected chi connectivity index (χ3v) is 3.41. The number of hydrogen-bond donors (Lipinski definition) is 2. The molecule has 17 heavy (non-hydrogen) atoms. The van der Waals surface area contributed by atoms with Crippen LogP contribution in [0.2, 0.25) is 0 Å². The Morgan fingerprint density at radius 1 is 1.41 bits per heavy atom. The van der Waals surface area contributed by atoms with Gasteiger partial charge in [-0.3, -0.25) is 0 Å². The van der Waals surface area contributed by atoms with E-state index in [0.29, 0.717) is 0 Å². The van der Waals surface area contributed by atoms with Crippen LogP contribution in [0.5, 0.6) is 0 Å². The lowest BCUT2D eigenvalue weighted by molar-refractivity contribution is 0.470. The van der Waals surface area contributed by atoms with E-state index in [9.17, 15) is 0 Å². The molecule has 0 aliphatic carbocycles. The summed E-state index contributed by atoms with van der Waals surface area (Å²) in [5.74, 6) is 0.724. The molecule has 0 radical (unpaired) electrons. The molecule has 1 heterocycles. The average Bonchev–Trinajstić information content (AvgIpc) is 2.76. The second-order valence-corrected chi connectivity index (χ2v) is 5.13. The number of nitrogens with one attached hydrogen (secondary N) is 1. The number of anilines is 1. The van der Waals surface area contributed by atoms with Gasteiger partial charge in [0.2, 0.25) is 0 Å². The third-order valence-electron chi connectivity index (χ3n) is 3.41. The van der Waals surface area contributed by atoms with Crippen molar-refractivity contribution in [2.75, 3.05) is 24.5 Å². The molecular formula is C14H23N3. The van der Waals surface area contributed by atoms with Crippen molar-refractivity contribution >= 4 is 5.69 Å². The molecule has 0 aromatic heterocycles. The molecule has 1 saturated heterocycles. The molecule has 3 nitrogen and oxygen atoms in total. The summed E-state index contributed by atoms with van der Waals surface area (Å²) in [5, 5.41) is 3.32. The molecule has 0 bridgehead atoms. The van der Waals surface area contributed by atoms with Gasteiger partial charge in [0.05, 0.1) is 6.17 Å². The van der Waals surface area contributed by atoms with E-state index in [2.05, 4.69) is 41.4 Å². The maximum absolute atomic E-state index is 5.71. The van der Waals surface area contributed by atoms with Gasteiger partial charge in [0, 0.05) is 25.3 Å². The second kappa shape index (κ2) is 5.52. The number of hydrogen-bond acceptors (Lipinski definition) is 3. The van der Waals surface area contributed by atoms with Crippen LogP contribution in [0.4, 0.5) is 5.69 Å². The van der Waals surface area contributed by atoms with Gasteiger partial charge in [-0.2, -0.15) is 0 Å². The number of nitrogens with zero attached hydrogens (tertiary/aromatic N) is 1. The molecule has 0 amide bonds. The maximum atomic E-state index is 5.71. The first-order valence-corrected chi connectivity index (χ1v) is 6.46. The van der Waals surface area contributed by atoms with E-state index >= 15 is 0 Å². The Bertz CT molecular complexity index is 345. The van der Waals surface area contributed by atoms with Gasteiger partial charge in [0.25, 0.3) is 0 Å². The first-order valence-electron chi connectivity index (χ1n) is 6.46. The maximum Gasteiger partial charge on any atom is 0.0517 e. The van der Waals surface area contributed by atoms with Crippen LogP contribution < -0.4 is 16.0 Å². The Kier molecular flexibility index (Phi) is 4.02. The van der Waals surface area contributed by atoms with E-state index in [-0.39, 0.29) is 6.17 Å². The summed E-state index contributed by atoms with van der Waals surface area (Å²) < 4.78 is 0. The smallest absolute Gasteiger partial charge is 0.0517 e. The highest BCUT2D eigenvalue weighted by Gasteiger charge is 2.22. The predicted molar refractivity (Wildman–Crippen MR) is 73.2 cm³/mol. The van der Waals surface area contributed by atoms with Gasteiger partial charge in [-0.1, -0.05) is 17.7 Å². The zero-order valence-electron chi connectivity index (χ0n) is 10.8. The van der Waals surface area contributed by atoms with Crippen molar-refractivity contribution in [2.24, 2.45) is 11.7 Å². The van der Waals surface area contributed by atoms with Crippen LogP contribution in [0.15, 0.2) is 24.3 Å². The normalized spacial score (nSPS) is 21.8. The van der Waals surface area contributed by atoms with Crippen LogP contribution in [0.3, 0.4) is 0 Å². The summed E-state index contributed by atoms with van der Waals surface area (Å²) in [4.78, 5) is 2.47. The first kappa shape index (κ1) is 12.4. The minimum Gasteiger partial charge on any atom is -0.371 e. The van der Waals surface area contributed by atoms with Crippen molar-refractivity contribution in [1.29, 1.82) is 0 Å². The molecule has 0 saturated carbocycles. The van der Waals surface area contributed by atoms with Gasteiger partial charge in [0.1, 0.15) is 0 Å². The molecule has 1 fully saturated rings. The minimum atomic E-state index is 0.100. The molecule has 1 aromatic rings. The lowest BCUT2D eigenvalue weighted by Crippen LogP contribution is -2.38. The zero-order chi connectivity index (χ0) is 12.3. The lowest BCUT2D eigenvalue weighted by Gasteiger charge is -2.19. The highest BCUT2D eigenvalue weighted by atomic mass is 15.2. The van der Waals surface area contributed by atoms with Crippen LogP contribution >= 0.6 is 0 Å². The van der Waals surface area contributed by atoms with Crippen molar-refractivity contribution in [3.05, 3.63) is 29.8 Å². The Morgan fingerprint density at radius 3 is 2.76 bits per heavy atom. The molecular weight excluding hydrogens is 210 g/mol. The Hall–Kier alpha value is -1.06. The molecule has 0 spiro atoms. The Labute approximate surface area is 104 Å². The molecule has 1 aliphatic heterocycles. The standard InChI is InChI=1S/C14H23N3/c1-11-3-5-14(6-4-11)17-8-7-13(10-17)9-16-12(2)15/h3-6,12-13,16H,7-10,15H2,1-2H3. The Balaban J connectivity index is 1.87. The van der Waals surface area contributed by atoms with Crippen molar-refractivity contribution in [1.82, 2.24) is 5.32 Å². The van der Waals surface area contributed by atoms with E-state index in [4.69, 9.17) is 5.73 Å². The van der Waals surface area contributed by atoms with Crippen LogP contribution in [-0.2, 0) is 0 Å². The van der Waals surface area contributed by atoms with Gasteiger partial charge < -0.3 is 16.0 Å². The van der Waals surface area contributed by atoms with Gasteiger partial charge in [0.15, 0.2) is 0 Å². The summed E-state index contributed by atoms with van der Waals surface area (Å²) in [6, 6.07) is 8.80. The highest BCUT2D eigenvalue weighted by molar-refractivity contribution is 5.48. The quantitative estimate of drug-likeness (QED) is 0.778. The highest BCUT2D eigenvalue weighted by Crippen LogP contribution is 2.23. The summed E-state index contributed by atoms with van der Waals surface area (Å²) >= 11 is 0. The minimum absolute atomic E-state index is 0.100. The molecule has 1 aliphatic rings. The van der Waals surface area contributed by atoms with Crippen molar-refractivity contribution in [3.63, 3.8) is 0 Å². The van der Waals surface area contributed by atoms with E-state index in [1.165, 1.54) is 17.7 Å². The van der Waals surface area contributed by atoms with Gasteiger partial charge in [-0.15, -0.1) is 0 Å². The van der Waals surface area contributed by atoms with E-state index in [0.717, 1.165) is 25.6 Å².